The molecule has 7 heteroatoms. The van der Waals surface area contributed by atoms with E-state index in [1.807, 2.05) is 18.2 Å². The molecule has 0 spiro atoms. The lowest BCUT2D eigenvalue weighted by atomic mass is 9.97. The number of benzene rings is 1. The number of hydrogen-bond acceptors (Lipinski definition) is 6. The molecule has 0 bridgehead atoms. The fourth-order valence-corrected chi connectivity index (χ4v) is 5.46. The lowest BCUT2D eigenvalue weighted by Gasteiger charge is -2.22. The van der Waals surface area contributed by atoms with Gasteiger partial charge in [-0.05, 0) is 32.1 Å². The maximum Gasteiger partial charge on any atom is 0.348 e. The van der Waals surface area contributed by atoms with Crippen LogP contribution in [0.15, 0.2) is 45.5 Å². The fourth-order valence-electron chi connectivity index (χ4n) is 3.56. The molecule has 0 radical (unpaired) electrons. The molecule has 0 unspecified atom stereocenters. The van der Waals surface area contributed by atoms with Crippen molar-refractivity contribution in [2.75, 3.05) is 6.61 Å². The molecular formula is C21H23N3O2S2. The highest BCUT2D eigenvalue weighted by molar-refractivity contribution is 7.98. The minimum Gasteiger partial charge on any atom is -0.396 e. The molecule has 0 fully saturated rings. The second kappa shape index (κ2) is 9.03. The third kappa shape index (κ3) is 4.21. The highest BCUT2D eigenvalue weighted by Gasteiger charge is 2.20. The Morgan fingerprint density at radius 2 is 1.96 bits per heavy atom. The molecular weight excluding hydrogens is 390 g/mol. The molecule has 5 nitrogen and oxygen atoms in total. The first-order valence-corrected chi connectivity index (χ1v) is 11.5. The molecule has 28 heavy (non-hydrogen) atoms. The summed E-state index contributed by atoms with van der Waals surface area (Å²) in [5.74, 6) is 0.711. The van der Waals surface area contributed by atoms with Crippen molar-refractivity contribution < 1.29 is 5.11 Å². The topological polar surface area (TPSA) is 68.0 Å². The van der Waals surface area contributed by atoms with Crippen LogP contribution in [-0.4, -0.2) is 26.2 Å². The molecule has 1 aliphatic carbocycles. The number of aromatic nitrogens is 3. The third-order valence-electron chi connectivity index (χ3n) is 4.92. The first-order valence-electron chi connectivity index (χ1n) is 9.62. The lowest BCUT2D eigenvalue weighted by Crippen LogP contribution is -2.30. The predicted molar refractivity (Wildman–Crippen MR) is 114 cm³/mol. The number of rotatable bonds is 7. The lowest BCUT2D eigenvalue weighted by molar-refractivity contribution is 0.277. The van der Waals surface area contributed by atoms with E-state index in [9.17, 15) is 4.79 Å². The molecule has 4 rings (SSSR count). The molecule has 0 atom stereocenters. The van der Waals surface area contributed by atoms with Gasteiger partial charge in [0.25, 0.3) is 0 Å². The maximum atomic E-state index is 12.6. The van der Waals surface area contributed by atoms with Gasteiger partial charge in [0.2, 0.25) is 0 Å². The number of thioether (sulfide) groups is 1. The number of nitrogens with zero attached hydrogens (tertiary/aromatic N) is 3. The van der Waals surface area contributed by atoms with Crippen molar-refractivity contribution in [1.82, 2.24) is 14.5 Å². The quantitative estimate of drug-likeness (QED) is 0.470. The number of aliphatic hydroxyl groups excluding tert-OH is 1. The van der Waals surface area contributed by atoms with Crippen molar-refractivity contribution in [1.29, 1.82) is 0 Å². The van der Waals surface area contributed by atoms with Crippen LogP contribution in [0.25, 0.3) is 10.6 Å². The van der Waals surface area contributed by atoms with Crippen LogP contribution in [0.3, 0.4) is 0 Å². The van der Waals surface area contributed by atoms with E-state index >= 15 is 0 Å². The van der Waals surface area contributed by atoms with E-state index in [1.54, 1.807) is 27.7 Å². The summed E-state index contributed by atoms with van der Waals surface area (Å²) in [4.78, 5) is 21.7. The molecule has 1 N–H and O–H groups in total. The zero-order chi connectivity index (χ0) is 19.3. The van der Waals surface area contributed by atoms with Crippen LogP contribution in [0.4, 0.5) is 0 Å². The molecule has 0 saturated heterocycles. The van der Waals surface area contributed by atoms with Gasteiger partial charge in [-0.2, -0.15) is 4.98 Å². The first-order chi connectivity index (χ1) is 13.8. The average molecular weight is 414 g/mol. The van der Waals surface area contributed by atoms with Gasteiger partial charge in [0.1, 0.15) is 10.0 Å². The van der Waals surface area contributed by atoms with Crippen LogP contribution in [0, 0.1) is 0 Å². The molecule has 3 aromatic rings. The molecule has 1 aromatic carbocycles. The van der Waals surface area contributed by atoms with Gasteiger partial charge in [0.05, 0.1) is 5.69 Å². The molecule has 146 valence electrons. The van der Waals surface area contributed by atoms with Gasteiger partial charge in [-0.25, -0.2) is 9.78 Å². The summed E-state index contributed by atoms with van der Waals surface area (Å²) in [6.45, 7) is 0.632. The Kier molecular flexibility index (Phi) is 6.24. The standard InChI is InChI=1S/C21H23N3O2S2/c25-12-6-11-24-18-10-5-4-9-17(18)20(23-21(24)26)28-14-16-13-27-19(22-16)15-7-2-1-3-8-15/h1-3,7-8,13,25H,4-6,9-12,14H2. The van der Waals surface area contributed by atoms with E-state index in [4.69, 9.17) is 10.1 Å². The number of aliphatic hydroxyl groups is 1. The Morgan fingerprint density at radius 3 is 2.79 bits per heavy atom. The van der Waals surface area contributed by atoms with Crippen molar-refractivity contribution in [3.8, 4) is 10.6 Å². The summed E-state index contributed by atoms with van der Waals surface area (Å²) < 4.78 is 1.77. The van der Waals surface area contributed by atoms with Gasteiger partial charge < -0.3 is 5.11 Å². The minimum absolute atomic E-state index is 0.0886. The van der Waals surface area contributed by atoms with Gasteiger partial charge in [-0.3, -0.25) is 4.57 Å². The predicted octanol–water partition coefficient (Wildman–Crippen LogP) is 3.92. The summed E-state index contributed by atoms with van der Waals surface area (Å²) in [6, 6.07) is 10.2. The van der Waals surface area contributed by atoms with Crippen molar-refractivity contribution in [3.63, 3.8) is 0 Å². The summed E-state index contributed by atoms with van der Waals surface area (Å²) in [6.07, 6.45) is 4.71. The first kappa shape index (κ1) is 19.4. The third-order valence-corrected chi connectivity index (χ3v) is 6.91. The van der Waals surface area contributed by atoms with E-state index < -0.39 is 0 Å². The Bertz CT molecular complexity index is 999. The van der Waals surface area contributed by atoms with E-state index in [-0.39, 0.29) is 12.3 Å². The van der Waals surface area contributed by atoms with Gasteiger partial charge in [-0.15, -0.1) is 11.3 Å². The van der Waals surface area contributed by atoms with Crippen LogP contribution in [0.1, 0.15) is 36.2 Å². The zero-order valence-electron chi connectivity index (χ0n) is 15.6. The summed E-state index contributed by atoms with van der Waals surface area (Å²) in [5.41, 5.74) is 4.29. The van der Waals surface area contributed by atoms with Crippen LogP contribution >= 0.6 is 23.1 Å². The summed E-state index contributed by atoms with van der Waals surface area (Å²) >= 11 is 3.26. The molecule has 0 amide bonds. The van der Waals surface area contributed by atoms with Crippen LogP contribution in [-0.2, 0) is 25.1 Å². The van der Waals surface area contributed by atoms with Crippen molar-refractivity contribution >= 4 is 23.1 Å². The zero-order valence-corrected chi connectivity index (χ0v) is 17.3. The highest BCUT2D eigenvalue weighted by Crippen LogP contribution is 2.32. The number of fused-ring (bicyclic) bond motifs is 1. The molecule has 2 heterocycles. The van der Waals surface area contributed by atoms with Gasteiger partial charge in [0.15, 0.2) is 0 Å². The van der Waals surface area contributed by atoms with Crippen LogP contribution in [0.2, 0.25) is 0 Å². The molecule has 1 aliphatic rings. The second-order valence-electron chi connectivity index (χ2n) is 6.86. The Labute approximate surface area is 172 Å². The number of hydrogen-bond donors (Lipinski definition) is 1. The van der Waals surface area contributed by atoms with E-state index in [2.05, 4.69) is 22.5 Å². The maximum absolute atomic E-state index is 12.6. The number of thiazole rings is 1. The van der Waals surface area contributed by atoms with E-state index in [0.717, 1.165) is 52.7 Å². The van der Waals surface area contributed by atoms with Gasteiger partial charge in [0, 0.05) is 41.1 Å². The van der Waals surface area contributed by atoms with Gasteiger partial charge >= 0.3 is 5.69 Å². The monoisotopic (exact) mass is 413 g/mol. The Morgan fingerprint density at radius 1 is 1.14 bits per heavy atom. The molecule has 2 aromatic heterocycles. The van der Waals surface area contributed by atoms with Gasteiger partial charge in [-0.1, -0.05) is 42.1 Å². The average Bonchev–Trinajstić information content (AvgIpc) is 3.21. The van der Waals surface area contributed by atoms with Crippen LogP contribution < -0.4 is 5.69 Å². The minimum atomic E-state index is -0.195. The highest BCUT2D eigenvalue weighted by atomic mass is 32.2. The second-order valence-corrected chi connectivity index (χ2v) is 8.68. The Hall–Kier alpha value is -1.96. The van der Waals surface area contributed by atoms with E-state index in [0.29, 0.717) is 18.7 Å². The Balaban J connectivity index is 1.55. The normalized spacial score (nSPS) is 13.5. The van der Waals surface area contributed by atoms with Crippen LogP contribution in [0.5, 0.6) is 0 Å². The van der Waals surface area contributed by atoms with E-state index in [1.165, 1.54) is 5.56 Å². The fraction of sp³-hybridized carbons (Fsp3) is 0.381. The largest absolute Gasteiger partial charge is 0.396 e. The smallest absolute Gasteiger partial charge is 0.348 e. The molecule has 0 saturated carbocycles. The van der Waals surface area contributed by atoms with Crippen molar-refractivity contribution in [2.45, 2.75) is 49.4 Å². The SMILES string of the molecule is O=c1nc(SCc2csc(-c3ccccc3)n2)c2c(n1CCCO)CCCC2. The summed E-state index contributed by atoms with van der Waals surface area (Å²) in [5, 5.41) is 13.1. The molecule has 0 aliphatic heterocycles. The van der Waals surface area contributed by atoms with Crippen molar-refractivity contribution in [3.05, 3.63) is 63.1 Å². The van der Waals surface area contributed by atoms with Crippen molar-refractivity contribution in [2.24, 2.45) is 0 Å². The summed E-state index contributed by atoms with van der Waals surface area (Å²) in [7, 11) is 0.